The zero-order valence-electron chi connectivity index (χ0n) is 20.6. The SMILES string of the molecule is CC(C)(C)OC(=O)N1CC[C@@H](CCSc2nnnn2-c2ccccc2)[C@@H](C2COC(C)(C)O2)C1. The summed E-state index contributed by atoms with van der Waals surface area (Å²) >= 11 is 1.65. The Kier molecular flexibility index (Phi) is 7.49. The van der Waals surface area contributed by atoms with Crippen molar-refractivity contribution in [3.8, 4) is 5.69 Å². The molecule has 2 saturated heterocycles. The minimum Gasteiger partial charge on any atom is -0.444 e. The summed E-state index contributed by atoms with van der Waals surface area (Å²) in [5.74, 6) is 0.844. The van der Waals surface area contributed by atoms with Crippen LogP contribution in [0.2, 0.25) is 0 Å². The molecule has 1 unspecified atom stereocenters. The van der Waals surface area contributed by atoms with Gasteiger partial charge in [0.2, 0.25) is 5.16 Å². The highest BCUT2D eigenvalue weighted by Gasteiger charge is 2.44. The number of ether oxygens (including phenoxy) is 3. The minimum atomic E-state index is -0.601. The van der Waals surface area contributed by atoms with Crippen molar-refractivity contribution in [2.75, 3.05) is 25.4 Å². The Hall–Kier alpha value is -2.17. The van der Waals surface area contributed by atoms with E-state index in [1.807, 2.05) is 69.9 Å². The lowest BCUT2D eigenvalue weighted by Crippen LogP contribution is -2.50. The molecule has 0 saturated carbocycles. The third kappa shape index (κ3) is 6.28. The quantitative estimate of drug-likeness (QED) is 0.559. The predicted molar refractivity (Wildman–Crippen MR) is 129 cm³/mol. The molecular weight excluding hydrogens is 454 g/mol. The molecule has 2 aliphatic rings. The van der Waals surface area contributed by atoms with Crippen molar-refractivity contribution >= 4 is 17.9 Å². The van der Waals surface area contributed by atoms with Crippen LogP contribution in [0, 0.1) is 11.8 Å². The van der Waals surface area contributed by atoms with Crippen molar-refractivity contribution < 1.29 is 19.0 Å². The first-order valence-electron chi connectivity index (χ1n) is 11.9. The maximum absolute atomic E-state index is 12.8. The van der Waals surface area contributed by atoms with Crippen molar-refractivity contribution in [1.82, 2.24) is 25.1 Å². The summed E-state index contributed by atoms with van der Waals surface area (Å²) in [5.41, 5.74) is 0.426. The smallest absolute Gasteiger partial charge is 0.410 e. The fourth-order valence-electron chi connectivity index (χ4n) is 4.53. The van der Waals surface area contributed by atoms with Crippen LogP contribution in [0.5, 0.6) is 0 Å². The number of likely N-dealkylation sites (tertiary alicyclic amines) is 1. The van der Waals surface area contributed by atoms with Crippen LogP contribution in [0.4, 0.5) is 4.79 Å². The number of amides is 1. The summed E-state index contributed by atoms with van der Waals surface area (Å²) in [5, 5.41) is 13.0. The Labute approximate surface area is 205 Å². The van der Waals surface area contributed by atoms with Gasteiger partial charge in [-0.15, -0.1) is 5.10 Å². The van der Waals surface area contributed by atoms with E-state index in [2.05, 4.69) is 15.5 Å². The van der Waals surface area contributed by atoms with Crippen LogP contribution >= 0.6 is 11.8 Å². The number of hydrogen-bond donors (Lipinski definition) is 0. The summed E-state index contributed by atoms with van der Waals surface area (Å²) in [4.78, 5) is 14.6. The lowest BCUT2D eigenvalue weighted by molar-refractivity contribution is -0.150. The predicted octanol–water partition coefficient (Wildman–Crippen LogP) is 4.17. The van der Waals surface area contributed by atoms with Crippen molar-refractivity contribution in [3.05, 3.63) is 30.3 Å². The number of para-hydroxylation sites is 1. The molecule has 2 aromatic rings. The maximum atomic E-state index is 12.8. The first-order valence-corrected chi connectivity index (χ1v) is 12.9. The van der Waals surface area contributed by atoms with Gasteiger partial charge >= 0.3 is 6.09 Å². The first kappa shape index (κ1) is 24.9. The van der Waals surface area contributed by atoms with Crippen molar-refractivity contribution in [2.45, 2.75) is 70.1 Å². The third-order valence-corrected chi connectivity index (χ3v) is 7.08. The second-order valence-electron chi connectivity index (χ2n) is 10.4. The number of carbonyl (C=O) groups is 1. The maximum Gasteiger partial charge on any atom is 0.410 e. The van der Waals surface area contributed by atoms with Gasteiger partial charge in [0.25, 0.3) is 0 Å². The molecule has 1 aromatic carbocycles. The number of tetrazole rings is 1. The zero-order valence-corrected chi connectivity index (χ0v) is 21.5. The van der Waals surface area contributed by atoms with E-state index < -0.39 is 11.4 Å². The Morgan fingerprint density at radius 2 is 2.03 bits per heavy atom. The number of thioether (sulfide) groups is 1. The number of rotatable bonds is 6. The molecule has 2 aliphatic heterocycles. The second kappa shape index (κ2) is 10.2. The Bertz CT molecular complexity index is 962. The Balaban J connectivity index is 1.40. The molecule has 34 heavy (non-hydrogen) atoms. The van der Waals surface area contributed by atoms with E-state index in [0.717, 1.165) is 29.4 Å². The van der Waals surface area contributed by atoms with Crippen molar-refractivity contribution in [1.29, 1.82) is 0 Å². The largest absolute Gasteiger partial charge is 0.444 e. The van der Waals surface area contributed by atoms with E-state index in [0.29, 0.717) is 25.6 Å². The summed E-state index contributed by atoms with van der Waals surface area (Å²) < 4.78 is 19.5. The molecule has 0 radical (unpaired) electrons. The normalized spacial score (nSPS) is 24.9. The molecule has 4 rings (SSSR count). The summed E-state index contributed by atoms with van der Waals surface area (Å²) in [6.07, 6.45) is 1.56. The second-order valence-corrected chi connectivity index (χ2v) is 11.4. The molecule has 10 heteroatoms. The highest BCUT2D eigenvalue weighted by molar-refractivity contribution is 7.99. The molecule has 0 aliphatic carbocycles. The summed E-state index contributed by atoms with van der Waals surface area (Å²) in [7, 11) is 0. The molecule has 3 atom stereocenters. The van der Waals surface area contributed by atoms with Crippen LogP contribution in [-0.4, -0.2) is 74.1 Å². The molecule has 1 aromatic heterocycles. The van der Waals surface area contributed by atoms with Gasteiger partial charge in [-0.3, -0.25) is 0 Å². The lowest BCUT2D eigenvalue weighted by atomic mass is 9.80. The monoisotopic (exact) mass is 489 g/mol. The molecule has 3 heterocycles. The molecule has 1 amide bonds. The van der Waals surface area contributed by atoms with E-state index in [-0.39, 0.29) is 18.1 Å². The Morgan fingerprint density at radius 1 is 1.26 bits per heavy atom. The summed E-state index contributed by atoms with van der Waals surface area (Å²) in [6, 6.07) is 9.89. The van der Waals surface area contributed by atoms with Crippen LogP contribution in [0.1, 0.15) is 47.5 Å². The molecule has 2 fully saturated rings. The van der Waals surface area contributed by atoms with Crippen LogP contribution in [-0.2, 0) is 14.2 Å². The van der Waals surface area contributed by atoms with Crippen LogP contribution < -0.4 is 0 Å². The van der Waals surface area contributed by atoms with Gasteiger partial charge in [-0.2, -0.15) is 4.68 Å². The van der Waals surface area contributed by atoms with Crippen LogP contribution in [0.3, 0.4) is 0 Å². The molecule has 0 bridgehead atoms. The van der Waals surface area contributed by atoms with Gasteiger partial charge in [-0.1, -0.05) is 30.0 Å². The lowest BCUT2D eigenvalue weighted by Gasteiger charge is -2.41. The van der Waals surface area contributed by atoms with Gasteiger partial charge < -0.3 is 19.1 Å². The fraction of sp³-hybridized carbons (Fsp3) is 0.667. The number of nitrogens with zero attached hydrogens (tertiary/aromatic N) is 5. The van der Waals surface area contributed by atoms with E-state index in [1.54, 1.807) is 16.4 Å². The van der Waals surface area contributed by atoms with Gasteiger partial charge in [0.1, 0.15) is 5.60 Å². The van der Waals surface area contributed by atoms with Crippen LogP contribution in [0.15, 0.2) is 35.5 Å². The zero-order chi connectivity index (χ0) is 24.3. The Morgan fingerprint density at radius 3 is 2.71 bits per heavy atom. The highest BCUT2D eigenvalue weighted by atomic mass is 32.2. The molecule has 186 valence electrons. The van der Waals surface area contributed by atoms with E-state index in [4.69, 9.17) is 14.2 Å². The van der Waals surface area contributed by atoms with Crippen molar-refractivity contribution in [3.63, 3.8) is 0 Å². The van der Waals surface area contributed by atoms with E-state index >= 15 is 0 Å². The summed E-state index contributed by atoms with van der Waals surface area (Å²) in [6.45, 7) is 11.4. The van der Waals surface area contributed by atoms with Gasteiger partial charge in [0.05, 0.1) is 18.4 Å². The van der Waals surface area contributed by atoms with Gasteiger partial charge in [0, 0.05) is 24.8 Å². The average Bonchev–Trinajstić information content (AvgIpc) is 3.39. The number of hydrogen-bond acceptors (Lipinski definition) is 8. The fourth-order valence-corrected chi connectivity index (χ4v) is 5.49. The first-order chi connectivity index (χ1) is 16.1. The standard InChI is InChI=1S/C24H35N5O4S/c1-23(2,3)33-22(30)28-13-11-17(19(15-28)20-16-31-24(4,5)32-20)12-14-34-21-25-26-27-29(21)18-9-7-6-8-10-18/h6-10,17,19-20H,11-16H2,1-5H3/t17-,19-,20?/m0/s1. The molecular formula is C24H35N5O4S. The molecule has 0 N–H and O–H groups in total. The van der Waals surface area contributed by atoms with Gasteiger partial charge in [0.15, 0.2) is 5.79 Å². The topological polar surface area (TPSA) is 91.6 Å². The van der Waals surface area contributed by atoms with E-state index in [9.17, 15) is 4.79 Å². The van der Waals surface area contributed by atoms with Gasteiger partial charge in [-0.05, 0) is 75.9 Å². The van der Waals surface area contributed by atoms with E-state index in [1.165, 1.54) is 0 Å². The average molecular weight is 490 g/mol. The van der Waals surface area contributed by atoms with Crippen molar-refractivity contribution in [2.24, 2.45) is 11.8 Å². The molecule has 0 spiro atoms. The van der Waals surface area contributed by atoms with Crippen LogP contribution in [0.25, 0.3) is 5.69 Å². The highest BCUT2D eigenvalue weighted by Crippen LogP contribution is 2.37. The number of piperidine rings is 1. The number of aromatic nitrogens is 4. The third-order valence-electron chi connectivity index (χ3n) is 6.13. The number of carbonyl (C=O) groups excluding carboxylic acids is 1. The van der Waals surface area contributed by atoms with Gasteiger partial charge in [-0.25, -0.2) is 4.79 Å². The number of benzene rings is 1. The minimum absolute atomic E-state index is 0.0510. The molecule has 9 nitrogen and oxygen atoms in total.